The van der Waals surface area contributed by atoms with Crippen molar-refractivity contribution in [3.8, 4) is 5.75 Å². The Labute approximate surface area is 180 Å². The topological polar surface area (TPSA) is 156 Å². The van der Waals surface area contributed by atoms with Crippen molar-refractivity contribution in [1.82, 2.24) is 0 Å². The Bertz CT molecular complexity index is 1200. The number of hydrogen-bond donors (Lipinski definition) is 3. The summed E-state index contributed by atoms with van der Waals surface area (Å²) in [6.07, 6.45) is -1.41. The Hall–Kier alpha value is -2.83. The fourth-order valence-corrected chi connectivity index (χ4v) is 6.98. The summed E-state index contributed by atoms with van der Waals surface area (Å²) >= 11 is 0. The van der Waals surface area contributed by atoms with E-state index in [-0.39, 0.29) is 22.0 Å². The van der Waals surface area contributed by atoms with Crippen molar-refractivity contribution in [3.63, 3.8) is 0 Å². The summed E-state index contributed by atoms with van der Waals surface area (Å²) in [4.78, 5) is 11.3. The zero-order chi connectivity index (χ0) is 23.0. The number of nitrogens with zero attached hydrogens (tertiary/aromatic N) is 1. The monoisotopic (exact) mass is 469 g/mol. The lowest BCUT2D eigenvalue weighted by Crippen LogP contribution is -2.47. The van der Waals surface area contributed by atoms with Crippen LogP contribution >= 0.6 is 0 Å². The lowest BCUT2D eigenvalue weighted by molar-refractivity contribution is -0.114. The fourth-order valence-electron chi connectivity index (χ4n) is 3.41. The molecule has 4 N–H and O–H groups in total. The molecule has 0 aliphatic carbocycles. The number of aliphatic hydroxyl groups excluding tert-OH is 1. The van der Waals surface area contributed by atoms with Gasteiger partial charge in [-0.1, -0.05) is 0 Å². The first kappa shape index (κ1) is 22.8. The van der Waals surface area contributed by atoms with Crippen molar-refractivity contribution in [2.45, 2.75) is 24.0 Å². The number of nitrogens with one attached hydrogen (secondary N) is 1. The number of ether oxygens (including phenoxy) is 1. The number of rotatable bonds is 6. The first-order valence-electron chi connectivity index (χ1n) is 9.19. The van der Waals surface area contributed by atoms with Crippen LogP contribution in [0.5, 0.6) is 5.75 Å². The Morgan fingerprint density at radius 2 is 1.84 bits per heavy atom. The molecule has 1 amide bonds. The van der Waals surface area contributed by atoms with Crippen molar-refractivity contribution >= 4 is 42.8 Å². The molecule has 12 heteroatoms. The van der Waals surface area contributed by atoms with E-state index in [0.29, 0.717) is 5.69 Å². The van der Waals surface area contributed by atoms with Crippen LogP contribution < -0.4 is 20.1 Å². The maximum Gasteiger partial charge on any atom is 0.264 e. The van der Waals surface area contributed by atoms with Gasteiger partial charge in [0.25, 0.3) is 10.0 Å². The van der Waals surface area contributed by atoms with Crippen LogP contribution in [0.3, 0.4) is 0 Å². The molecule has 2 atom stereocenters. The lowest BCUT2D eigenvalue weighted by atomic mass is 10.2. The lowest BCUT2D eigenvalue weighted by Gasteiger charge is -2.31. The van der Waals surface area contributed by atoms with E-state index in [4.69, 9.17) is 10.5 Å². The van der Waals surface area contributed by atoms with Crippen LogP contribution in [0.15, 0.2) is 47.4 Å². The van der Waals surface area contributed by atoms with Gasteiger partial charge in [-0.2, -0.15) is 0 Å². The van der Waals surface area contributed by atoms with E-state index >= 15 is 0 Å². The van der Waals surface area contributed by atoms with Gasteiger partial charge in [-0.3, -0.25) is 9.10 Å². The van der Waals surface area contributed by atoms with Gasteiger partial charge >= 0.3 is 0 Å². The van der Waals surface area contributed by atoms with E-state index in [1.807, 2.05) is 0 Å². The summed E-state index contributed by atoms with van der Waals surface area (Å²) in [7, 11) is -6.63. The van der Waals surface area contributed by atoms with Gasteiger partial charge in [-0.15, -0.1) is 0 Å². The highest BCUT2D eigenvalue weighted by Crippen LogP contribution is 2.34. The van der Waals surface area contributed by atoms with Crippen LogP contribution in [-0.4, -0.2) is 58.6 Å². The predicted octanol–water partition coefficient (Wildman–Crippen LogP) is 0.589. The highest BCUT2D eigenvalue weighted by Gasteiger charge is 2.45. The van der Waals surface area contributed by atoms with Gasteiger partial charge in [-0.05, 0) is 42.5 Å². The van der Waals surface area contributed by atoms with E-state index in [2.05, 4.69) is 5.32 Å². The van der Waals surface area contributed by atoms with Crippen LogP contribution in [0.1, 0.15) is 6.92 Å². The number of nitrogens with two attached hydrogens (primary N) is 1. The summed E-state index contributed by atoms with van der Waals surface area (Å²) < 4.78 is 57.5. The van der Waals surface area contributed by atoms with Gasteiger partial charge in [0.1, 0.15) is 5.75 Å². The Kier molecular flexibility index (Phi) is 6.16. The minimum Gasteiger partial charge on any atom is -0.495 e. The van der Waals surface area contributed by atoms with E-state index in [1.165, 1.54) is 56.5 Å². The van der Waals surface area contributed by atoms with Gasteiger partial charge in [0.2, 0.25) is 5.91 Å². The molecular formula is C19H23N3O7S2. The molecule has 1 fully saturated rings. The summed E-state index contributed by atoms with van der Waals surface area (Å²) in [6.45, 7) is 1.26. The number of nitrogen functional groups attached to an aromatic ring is 1. The van der Waals surface area contributed by atoms with Crippen molar-refractivity contribution in [2.75, 3.05) is 34.0 Å². The SMILES string of the molecule is COc1ccc(S(=O)(=O)N(c2ccc(N)cc2)[C@H]2CS(=O)(=O)C[C@@H]2O)cc1NC(C)=O. The molecule has 3 rings (SSSR count). The van der Waals surface area contributed by atoms with Crippen molar-refractivity contribution in [3.05, 3.63) is 42.5 Å². The van der Waals surface area contributed by atoms with Crippen molar-refractivity contribution in [2.24, 2.45) is 0 Å². The average molecular weight is 470 g/mol. The number of benzene rings is 2. The van der Waals surface area contributed by atoms with Gasteiger partial charge in [0, 0.05) is 12.6 Å². The number of sulfone groups is 1. The molecule has 0 spiro atoms. The van der Waals surface area contributed by atoms with Crippen molar-refractivity contribution in [1.29, 1.82) is 0 Å². The molecule has 1 saturated heterocycles. The number of hydrogen-bond acceptors (Lipinski definition) is 8. The molecule has 1 heterocycles. The summed E-state index contributed by atoms with van der Waals surface area (Å²) in [5.41, 5.74) is 6.37. The quantitative estimate of drug-likeness (QED) is 0.519. The molecule has 0 saturated carbocycles. The molecule has 31 heavy (non-hydrogen) atoms. The van der Waals surface area contributed by atoms with Gasteiger partial charge in [0.05, 0.1) is 47.0 Å². The molecule has 2 aromatic rings. The van der Waals surface area contributed by atoms with Gasteiger partial charge < -0.3 is 20.9 Å². The minimum atomic E-state index is -4.36. The number of carbonyl (C=O) groups excluding carboxylic acids is 1. The molecular weight excluding hydrogens is 446 g/mol. The fraction of sp³-hybridized carbons (Fsp3) is 0.316. The molecule has 1 aliphatic heterocycles. The van der Waals surface area contributed by atoms with Gasteiger partial charge in [-0.25, -0.2) is 16.8 Å². The zero-order valence-electron chi connectivity index (χ0n) is 16.8. The van der Waals surface area contributed by atoms with Crippen LogP contribution in [-0.2, 0) is 24.7 Å². The number of amides is 1. The zero-order valence-corrected chi connectivity index (χ0v) is 18.5. The maximum absolute atomic E-state index is 13.6. The second kappa shape index (κ2) is 8.36. The second-order valence-corrected chi connectivity index (χ2v) is 11.1. The van der Waals surface area contributed by atoms with Gasteiger partial charge in [0.15, 0.2) is 9.84 Å². The Balaban J connectivity index is 2.16. The van der Waals surface area contributed by atoms with Crippen LogP contribution in [0, 0.1) is 0 Å². The van der Waals surface area contributed by atoms with E-state index in [0.717, 1.165) is 4.31 Å². The van der Waals surface area contributed by atoms with Crippen LogP contribution in [0.2, 0.25) is 0 Å². The third-order valence-corrected chi connectivity index (χ3v) is 8.33. The van der Waals surface area contributed by atoms with Crippen LogP contribution in [0.4, 0.5) is 17.1 Å². The highest BCUT2D eigenvalue weighted by molar-refractivity contribution is 7.93. The summed E-state index contributed by atoms with van der Waals surface area (Å²) in [5, 5.41) is 12.9. The number of anilines is 3. The molecule has 0 aromatic heterocycles. The number of carbonyl (C=O) groups is 1. The Morgan fingerprint density at radius 3 is 2.35 bits per heavy atom. The largest absolute Gasteiger partial charge is 0.495 e. The molecule has 168 valence electrons. The molecule has 0 radical (unpaired) electrons. The highest BCUT2D eigenvalue weighted by atomic mass is 32.2. The predicted molar refractivity (Wildman–Crippen MR) is 116 cm³/mol. The van der Waals surface area contributed by atoms with Crippen molar-refractivity contribution < 1.29 is 31.5 Å². The average Bonchev–Trinajstić information content (AvgIpc) is 2.94. The Morgan fingerprint density at radius 1 is 1.19 bits per heavy atom. The molecule has 1 aliphatic rings. The standard InChI is InChI=1S/C19H23N3O7S2/c1-12(23)21-16-9-15(7-8-19(16)29-2)31(27,28)22(14-5-3-13(20)4-6-14)17-10-30(25,26)11-18(17)24/h3-9,17-18,24H,10-11,20H2,1-2H3,(H,21,23)/t17-,18-/m0/s1. The van der Waals surface area contributed by atoms with E-state index in [1.54, 1.807) is 0 Å². The molecule has 2 aromatic carbocycles. The number of methoxy groups -OCH3 is 1. The molecule has 0 bridgehead atoms. The third kappa shape index (κ3) is 4.75. The van der Waals surface area contributed by atoms with E-state index < -0.39 is 49.4 Å². The first-order valence-corrected chi connectivity index (χ1v) is 12.4. The summed E-state index contributed by atoms with van der Waals surface area (Å²) in [5.74, 6) is -1.26. The van der Waals surface area contributed by atoms with E-state index in [9.17, 15) is 26.7 Å². The number of aliphatic hydroxyl groups is 1. The first-order chi connectivity index (χ1) is 14.4. The number of sulfonamides is 1. The summed E-state index contributed by atoms with van der Waals surface area (Å²) in [6, 6.07) is 8.46. The molecule has 0 unspecified atom stereocenters. The smallest absolute Gasteiger partial charge is 0.264 e. The van der Waals surface area contributed by atoms with Crippen LogP contribution in [0.25, 0.3) is 0 Å². The normalized spacial score (nSPS) is 20.2. The minimum absolute atomic E-state index is 0.132. The maximum atomic E-state index is 13.6. The molecule has 10 nitrogen and oxygen atoms in total. The third-order valence-electron chi connectivity index (χ3n) is 4.78. The second-order valence-electron chi connectivity index (χ2n) is 7.15.